The van der Waals surface area contributed by atoms with Crippen LogP contribution in [0, 0.1) is 24.0 Å². The number of non-ortho nitro benzene ring substituents is 1. The number of carbonyl (C=O) groups is 1. The highest BCUT2D eigenvalue weighted by Gasteiger charge is 2.20. The number of aromatic nitrogens is 3. The summed E-state index contributed by atoms with van der Waals surface area (Å²) in [5, 5.41) is 28.8. The Morgan fingerprint density at radius 1 is 1.16 bits per heavy atom. The number of rotatable bonds is 4. The second-order valence-electron chi connectivity index (χ2n) is 7.15. The van der Waals surface area contributed by atoms with Crippen LogP contribution >= 0.6 is 0 Å². The number of pyridine rings is 1. The van der Waals surface area contributed by atoms with Crippen molar-refractivity contribution in [2.75, 3.05) is 5.32 Å². The summed E-state index contributed by atoms with van der Waals surface area (Å²) in [5.74, 6) is -0.786. The zero-order valence-electron chi connectivity index (χ0n) is 17.1. The first-order valence-electron chi connectivity index (χ1n) is 9.45. The fraction of sp³-hybridized carbons (Fsp3) is 0.136. The zero-order chi connectivity index (χ0) is 22.3. The molecule has 9 heteroatoms. The molecule has 2 N–H and O–H groups in total. The number of carbonyl (C=O) groups excluding carboxylic acids is 1. The molecule has 2 aromatic heterocycles. The minimum Gasteiger partial charge on any atom is -0.506 e. The number of nitrogens with zero attached hydrogens (tertiary/aromatic N) is 4. The van der Waals surface area contributed by atoms with E-state index in [4.69, 9.17) is 4.98 Å². The van der Waals surface area contributed by atoms with Gasteiger partial charge in [-0.1, -0.05) is 18.2 Å². The van der Waals surface area contributed by atoms with Crippen LogP contribution in [0.3, 0.4) is 0 Å². The number of aryl methyl sites for hydroxylation is 2. The number of nitro benzene ring substituents is 1. The lowest BCUT2D eigenvalue weighted by Gasteiger charge is -2.12. The van der Waals surface area contributed by atoms with Crippen molar-refractivity contribution in [3.8, 4) is 17.0 Å². The van der Waals surface area contributed by atoms with E-state index in [-0.39, 0.29) is 17.1 Å². The van der Waals surface area contributed by atoms with Crippen molar-refractivity contribution in [2.45, 2.75) is 13.8 Å². The van der Waals surface area contributed by atoms with Gasteiger partial charge >= 0.3 is 0 Å². The molecule has 0 unspecified atom stereocenters. The summed E-state index contributed by atoms with van der Waals surface area (Å²) in [6, 6.07) is 12.3. The Kier molecular flexibility index (Phi) is 4.86. The number of phenols is 1. The number of hydrogen-bond acceptors (Lipinski definition) is 6. The van der Waals surface area contributed by atoms with Crippen LogP contribution in [0.5, 0.6) is 5.75 Å². The van der Waals surface area contributed by atoms with Crippen molar-refractivity contribution in [2.24, 2.45) is 7.05 Å². The summed E-state index contributed by atoms with van der Waals surface area (Å²) in [7, 11) is 1.84. The largest absolute Gasteiger partial charge is 0.506 e. The minimum atomic E-state index is -0.594. The van der Waals surface area contributed by atoms with Crippen LogP contribution in [-0.2, 0) is 7.05 Å². The highest BCUT2D eigenvalue weighted by molar-refractivity contribution is 6.13. The van der Waals surface area contributed by atoms with E-state index >= 15 is 0 Å². The molecule has 0 radical (unpaired) electrons. The molecule has 1 amide bonds. The quantitative estimate of drug-likeness (QED) is 0.292. The van der Waals surface area contributed by atoms with Gasteiger partial charge in [-0.3, -0.25) is 19.6 Å². The Hall–Kier alpha value is -4.27. The van der Waals surface area contributed by atoms with E-state index in [9.17, 15) is 20.0 Å². The number of amides is 1. The van der Waals surface area contributed by atoms with Crippen molar-refractivity contribution in [3.63, 3.8) is 0 Å². The van der Waals surface area contributed by atoms with Gasteiger partial charge in [0.05, 0.1) is 33.1 Å². The first kappa shape index (κ1) is 20.0. The molecular weight excluding hydrogens is 398 g/mol. The third kappa shape index (κ3) is 3.57. The van der Waals surface area contributed by atoms with Crippen molar-refractivity contribution in [3.05, 3.63) is 75.6 Å². The molecule has 0 atom stereocenters. The van der Waals surface area contributed by atoms with Crippen LogP contribution in [0.4, 0.5) is 11.4 Å². The van der Waals surface area contributed by atoms with Crippen molar-refractivity contribution in [1.29, 1.82) is 0 Å². The van der Waals surface area contributed by atoms with Crippen LogP contribution in [0.2, 0.25) is 0 Å². The third-order valence-electron chi connectivity index (χ3n) is 5.17. The molecule has 31 heavy (non-hydrogen) atoms. The van der Waals surface area contributed by atoms with Gasteiger partial charge in [-0.05, 0) is 32.0 Å². The number of anilines is 1. The normalized spacial score (nSPS) is 10.9. The Balaban J connectivity index is 1.84. The molecule has 0 spiro atoms. The van der Waals surface area contributed by atoms with Gasteiger partial charge in [0.1, 0.15) is 5.75 Å². The SMILES string of the molecule is Cc1nn(C)c(C)c1-c1cc(C(=O)Nc2cc([N+](=O)[O-])ccc2O)c2ccccc2n1. The Bertz CT molecular complexity index is 1360. The number of aromatic hydroxyl groups is 1. The summed E-state index contributed by atoms with van der Waals surface area (Å²) in [6.45, 7) is 3.80. The molecule has 0 aliphatic carbocycles. The highest BCUT2D eigenvalue weighted by Crippen LogP contribution is 2.31. The second-order valence-corrected chi connectivity index (χ2v) is 7.15. The topological polar surface area (TPSA) is 123 Å². The highest BCUT2D eigenvalue weighted by atomic mass is 16.6. The summed E-state index contributed by atoms with van der Waals surface area (Å²) >= 11 is 0. The van der Waals surface area contributed by atoms with Gasteiger partial charge in [0.2, 0.25) is 0 Å². The standard InChI is InChI=1S/C22H19N5O4/c1-12-21(13(2)26(3)25-12)19-11-16(15-6-4-5-7-17(15)23-19)22(29)24-18-10-14(27(30)31)8-9-20(18)28/h4-11,28H,1-3H3,(H,24,29). The zero-order valence-corrected chi connectivity index (χ0v) is 17.1. The maximum atomic E-state index is 13.2. The third-order valence-corrected chi connectivity index (χ3v) is 5.17. The Labute approximate surface area is 177 Å². The van der Waals surface area contributed by atoms with E-state index < -0.39 is 10.8 Å². The van der Waals surface area contributed by atoms with Crippen LogP contribution in [0.25, 0.3) is 22.2 Å². The molecule has 0 fully saturated rings. The fourth-order valence-electron chi connectivity index (χ4n) is 3.56. The van der Waals surface area contributed by atoms with Gasteiger partial charge < -0.3 is 10.4 Å². The van der Waals surface area contributed by atoms with E-state index in [0.717, 1.165) is 23.0 Å². The summed E-state index contributed by atoms with van der Waals surface area (Å²) in [6.07, 6.45) is 0. The fourth-order valence-corrected chi connectivity index (χ4v) is 3.56. The number of para-hydroxylation sites is 1. The van der Waals surface area contributed by atoms with E-state index in [2.05, 4.69) is 10.4 Å². The van der Waals surface area contributed by atoms with Gasteiger partial charge in [-0.25, -0.2) is 4.98 Å². The lowest BCUT2D eigenvalue weighted by molar-refractivity contribution is -0.384. The van der Waals surface area contributed by atoms with E-state index in [1.165, 1.54) is 12.1 Å². The summed E-state index contributed by atoms with van der Waals surface area (Å²) < 4.78 is 1.75. The van der Waals surface area contributed by atoms with Crippen molar-refractivity contribution in [1.82, 2.24) is 14.8 Å². The first-order valence-corrected chi connectivity index (χ1v) is 9.45. The molecule has 0 saturated heterocycles. The van der Waals surface area contributed by atoms with Gasteiger partial charge in [0, 0.05) is 35.8 Å². The molecule has 0 saturated carbocycles. The van der Waals surface area contributed by atoms with E-state index in [1.54, 1.807) is 22.9 Å². The van der Waals surface area contributed by atoms with Gasteiger partial charge in [-0.2, -0.15) is 5.10 Å². The first-order chi connectivity index (χ1) is 14.8. The maximum Gasteiger partial charge on any atom is 0.271 e. The summed E-state index contributed by atoms with van der Waals surface area (Å²) in [5.41, 5.74) is 3.78. The minimum absolute atomic E-state index is 0.0459. The molecule has 9 nitrogen and oxygen atoms in total. The molecule has 2 heterocycles. The van der Waals surface area contributed by atoms with Crippen molar-refractivity contribution < 1.29 is 14.8 Å². The van der Waals surface area contributed by atoms with E-state index in [1.807, 2.05) is 33.0 Å². The Morgan fingerprint density at radius 3 is 2.58 bits per heavy atom. The lowest BCUT2D eigenvalue weighted by atomic mass is 10.0. The van der Waals surface area contributed by atoms with Crippen LogP contribution < -0.4 is 5.32 Å². The van der Waals surface area contributed by atoms with Crippen LogP contribution in [0.15, 0.2) is 48.5 Å². The number of nitrogens with one attached hydrogen (secondary N) is 1. The number of nitro groups is 1. The monoisotopic (exact) mass is 417 g/mol. The molecule has 4 rings (SSSR count). The van der Waals surface area contributed by atoms with Crippen molar-refractivity contribution >= 4 is 28.2 Å². The number of phenolic OH excluding ortho intramolecular Hbond substituents is 1. The molecule has 0 aliphatic heterocycles. The molecule has 2 aromatic carbocycles. The number of benzene rings is 2. The van der Waals surface area contributed by atoms with Gasteiger partial charge in [0.25, 0.3) is 11.6 Å². The van der Waals surface area contributed by atoms with Gasteiger partial charge in [0.15, 0.2) is 0 Å². The smallest absolute Gasteiger partial charge is 0.271 e. The number of fused-ring (bicyclic) bond motifs is 1. The average molecular weight is 417 g/mol. The van der Waals surface area contributed by atoms with Crippen LogP contribution in [0.1, 0.15) is 21.7 Å². The van der Waals surface area contributed by atoms with Crippen LogP contribution in [-0.4, -0.2) is 30.7 Å². The van der Waals surface area contributed by atoms with Gasteiger partial charge in [-0.15, -0.1) is 0 Å². The number of hydrogen-bond donors (Lipinski definition) is 2. The molecule has 4 aromatic rings. The van der Waals surface area contributed by atoms with E-state index in [0.29, 0.717) is 22.2 Å². The molecule has 156 valence electrons. The predicted molar refractivity (Wildman–Crippen MR) is 116 cm³/mol. The molecular formula is C22H19N5O4. The molecule has 0 bridgehead atoms. The average Bonchev–Trinajstić information content (AvgIpc) is 2.99. The molecule has 0 aliphatic rings. The lowest BCUT2D eigenvalue weighted by Crippen LogP contribution is -2.13. The second kappa shape index (κ2) is 7.52. The Morgan fingerprint density at radius 2 is 1.90 bits per heavy atom. The summed E-state index contributed by atoms with van der Waals surface area (Å²) in [4.78, 5) is 28.4. The predicted octanol–water partition coefficient (Wildman–Crippen LogP) is 4.12. The maximum absolute atomic E-state index is 13.2.